The van der Waals surface area contributed by atoms with Crippen LogP contribution in [-0.2, 0) is 0 Å². The number of hydrogen-bond donors (Lipinski definition) is 3. The Morgan fingerprint density at radius 2 is 1.84 bits per heavy atom. The number of nitrogens with two attached hydrogens (primary N) is 1. The zero-order valence-electron chi connectivity index (χ0n) is 9.65. The Morgan fingerprint density at radius 3 is 2.47 bits per heavy atom. The highest BCUT2D eigenvalue weighted by molar-refractivity contribution is 6.04. The normalized spacial score (nSPS) is 10.2. The van der Waals surface area contributed by atoms with Crippen LogP contribution in [0, 0.1) is 11.6 Å². The number of hydrogen-bond acceptors (Lipinski definition) is 3. The van der Waals surface area contributed by atoms with Gasteiger partial charge in [-0.05, 0) is 30.3 Å². The highest BCUT2D eigenvalue weighted by Gasteiger charge is 2.13. The van der Waals surface area contributed by atoms with E-state index < -0.39 is 17.5 Å². The number of halogens is 2. The van der Waals surface area contributed by atoms with Gasteiger partial charge in [0.2, 0.25) is 0 Å². The molecule has 19 heavy (non-hydrogen) atoms. The lowest BCUT2D eigenvalue weighted by molar-refractivity contribution is 0.102. The monoisotopic (exact) mass is 264 g/mol. The number of phenolic OH excluding ortho intramolecular Hbond substituents is 1. The van der Waals surface area contributed by atoms with Crippen molar-refractivity contribution in [3.8, 4) is 5.75 Å². The van der Waals surface area contributed by atoms with Crippen LogP contribution in [0.5, 0.6) is 5.75 Å². The molecule has 2 aromatic carbocycles. The molecule has 0 heterocycles. The minimum absolute atomic E-state index is 0.0474. The number of amides is 1. The highest BCUT2D eigenvalue weighted by Crippen LogP contribution is 2.19. The van der Waals surface area contributed by atoms with Crippen molar-refractivity contribution in [2.75, 3.05) is 11.1 Å². The number of nitrogens with one attached hydrogen (secondary N) is 1. The maximum atomic E-state index is 13.4. The Bertz CT molecular complexity index is 645. The van der Waals surface area contributed by atoms with Crippen molar-refractivity contribution in [2.24, 2.45) is 0 Å². The summed E-state index contributed by atoms with van der Waals surface area (Å²) in [5, 5.41) is 11.4. The van der Waals surface area contributed by atoms with Crippen LogP contribution in [0.25, 0.3) is 0 Å². The number of rotatable bonds is 2. The van der Waals surface area contributed by atoms with Crippen molar-refractivity contribution in [1.82, 2.24) is 0 Å². The van der Waals surface area contributed by atoms with E-state index in [0.29, 0.717) is 0 Å². The second-order valence-corrected chi connectivity index (χ2v) is 3.85. The molecule has 0 bridgehead atoms. The molecule has 0 radical (unpaired) electrons. The predicted molar refractivity (Wildman–Crippen MR) is 66.8 cm³/mol. The quantitative estimate of drug-likeness (QED) is 0.729. The molecule has 2 aromatic rings. The van der Waals surface area contributed by atoms with Gasteiger partial charge in [-0.2, -0.15) is 0 Å². The van der Waals surface area contributed by atoms with Gasteiger partial charge in [0.1, 0.15) is 17.4 Å². The van der Waals surface area contributed by atoms with E-state index >= 15 is 0 Å². The van der Waals surface area contributed by atoms with Crippen LogP contribution < -0.4 is 11.1 Å². The molecule has 0 aliphatic heterocycles. The fraction of sp³-hybridized carbons (Fsp3) is 0. The number of aromatic hydroxyl groups is 1. The van der Waals surface area contributed by atoms with E-state index in [1.54, 1.807) is 0 Å². The van der Waals surface area contributed by atoms with Crippen LogP contribution in [-0.4, -0.2) is 11.0 Å². The summed E-state index contributed by atoms with van der Waals surface area (Å²) >= 11 is 0. The van der Waals surface area contributed by atoms with Gasteiger partial charge in [0.25, 0.3) is 5.91 Å². The Labute approximate surface area is 107 Å². The summed E-state index contributed by atoms with van der Waals surface area (Å²) in [6.07, 6.45) is 0. The van der Waals surface area contributed by atoms with Gasteiger partial charge >= 0.3 is 0 Å². The van der Waals surface area contributed by atoms with Crippen molar-refractivity contribution < 1.29 is 18.7 Å². The summed E-state index contributed by atoms with van der Waals surface area (Å²) in [5.41, 5.74) is 5.15. The van der Waals surface area contributed by atoms with E-state index in [0.717, 1.165) is 18.2 Å². The van der Waals surface area contributed by atoms with E-state index in [1.807, 2.05) is 0 Å². The molecule has 98 valence electrons. The summed E-state index contributed by atoms with van der Waals surface area (Å²) in [7, 11) is 0. The number of carbonyl (C=O) groups excluding carboxylic acids is 1. The molecule has 0 saturated heterocycles. The Morgan fingerprint density at radius 1 is 1.11 bits per heavy atom. The van der Waals surface area contributed by atoms with Crippen molar-refractivity contribution in [2.45, 2.75) is 0 Å². The van der Waals surface area contributed by atoms with Crippen molar-refractivity contribution in [3.63, 3.8) is 0 Å². The molecule has 6 heteroatoms. The molecule has 2 rings (SSSR count). The second-order valence-electron chi connectivity index (χ2n) is 3.85. The van der Waals surface area contributed by atoms with Gasteiger partial charge in [0.05, 0.1) is 11.3 Å². The van der Waals surface area contributed by atoms with Gasteiger partial charge < -0.3 is 16.2 Å². The first-order valence-electron chi connectivity index (χ1n) is 5.32. The third kappa shape index (κ3) is 2.79. The molecular weight excluding hydrogens is 254 g/mol. The van der Waals surface area contributed by atoms with Gasteiger partial charge in [0.15, 0.2) is 0 Å². The van der Waals surface area contributed by atoms with Gasteiger partial charge in [-0.1, -0.05) is 0 Å². The number of phenols is 1. The molecule has 0 unspecified atom stereocenters. The lowest BCUT2D eigenvalue weighted by atomic mass is 10.2. The lowest BCUT2D eigenvalue weighted by Gasteiger charge is -2.07. The molecule has 0 atom stereocenters. The average molecular weight is 264 g/mol. The van der Waals surface area contributed by atoms with Crippen LogP contribution in [0.1, 0.15) is 10.4 Å². The topological polar surface area (TPSA) is 75.3 Å². The largest absolute Gasteiger partial charge is 0.508 e. The van der Waals surface area contributed by atoms with E-state index in [9.17, 15) is 13.6 Å². The molecule has 0 saturated carbocycles. The summed E-state index contributed by atoms with van der Waals surface area (Å²) in [6.45, 7) is 0. The van der Waals surface area contributed by atoms with Gasteiger partial charge in [-0.25, -0.2) is 8.78 Å². The third-order valence-corrected chi connectivity index (χ3v) is 2.46. The first kappa shape index (κ1) is 12.8. The Kier molecular flexibility index (Phi) is 3.33. The molecule has 0 aliphatic carbocycles. The van der Waals surface area contributed by atoms with Crippen LogP contribution >= 0.6 is 0 Å². The summed E-state index contributed by atoms with van der Waals surface area (Å²) in [6, 6.07) is 6.85. The van der Waals surface area contributed by atoms with Gasteiger partial charge in [-0.15, -0.1) is 0 Å². The number of benzene rings is 2. The molecule has 0 aliphatic rings. The molecular formula is C13H10F2N2O2. The van der Waals surface area contributed by atoms with Crippen LogP contribution in [0.4, 0.5) is 20.2 Å². The number of carbonyl (C=O) groups is 1. The van der Waals surface area contributed by atoms with Crippen molar-refractivity contribution in [1.29, 1.82) is 0 Å². The van der Waals surface area contributed by atoms with E-state index in [1.165, 1.54) is 18.2 Å². The molecule has 4 N–H and O–H groups in total. The predicted octanol–water partition coefficient (Wildman–Crippen LogP) is 2.50. The molecule has 4 nitrogen and oxygen atoms in total. The van der Waals surface area contributed by atoms with E-state index in [4.69, 9.17) is 10.8 Å². The van der Waals surface area contributed by atoms with Crippen LogP contribution in [0.2, 0.25) is 0 Å². The summed E-state index contributed by atoms with van der Waals surface area (Å²) in [5.74, 6) is -2.58. The fourth-order valence-electron chi connectivity index (χ4n) is 1.49. The Balaban J connectivity index is 2.23. The van der Waals surface area contributed by atoms with Gasteiger partial charge in [0, 0.05) is 11.8 Å². The Hall–Kier alpha value is -2.63. The summed E-state index contributed by atoms with van der Waals surface area (Å²) in [4.78, 5) is 11.8. The SMILES string of the molecule is Nc1ccc(NC(=O)c2ccc(O)cc2F)cc1F. The van der Waals surface area contributed by atoms with Crippen molar-refractivity contribution in [3.05, 3.63) is 53.6 Å². The zero-order chi connectivity index (χ0) is 14.0. The van der Waals surface area contributed by atoms with Crippen LogP contribution in [0.3, 0.4) is 0 Å². The van der Waals surface area contributed by atoms with E-state index in [2.05, 4.69) is 5.32 Å². The first-order chi connectivity index (χ1) is 8.97. The van der Waals surface area contributed by atoms with E-state index in [-0.39, 0.29) is 22.7 Å². The maximum Gasteiger partial charge on any atom is 0.258 e. The second kappa shape index (κ2) is 4.93. The average Bonchev–Trinajstić information content (AvgIpc) is 2.33. The van der Waals surface area contributed by atoms with Crippen LogP contribution in [0.15, 0.2) is 36.4 Å². The first-order valence-corrected chi connectivity index (χ1v) is 5.32. The minimum Gasteiger partial charge on any atom is -0.508 e. The molecule has 0 fully saturated rings. The van der Waals surface area contributed by atoms with Gasteiger partial charge in [-0.3, -0.25) is 4.79 Å². The zero-order valence-corrected chi connectivity index (χ0v) is 9.65. The number of anilines is 2. The summed E-state index contributed by atoms with van der Waals surface area (Å²) < 4.78 is 26.6. The smallest absolute Gasteiger partial charge is 0.258 e. The molecule has 1 amide bonds. The third-order valence-electron chi connectivity index (χ3n) is 2.46. The number of nitrogen functional groups attached to an aromatic ring is 1. The highest BCUT2D eigenvalue weighted by atomic mass is 19.1. The standard InChI is InChI=1S/C13H10F2N2O2/c14-10-6-8(18)2-3-9(10)13(19)17-7-1-4-12(16)11(15)5-7/h1-6,18H,16H2,(H,17,19). The fourth-order valence-corrected chi connectivity index (χ4v) is 1.49. The lowest BCUT2D eigenvalue weighted by Crippen LogP contribution is -2.13. The molecule has 0 aromatic heterocycles. The molecule has 0 spiro atoms. The maximum absolute atomic E-state index is 13.4. The van der Waals surface area contributed by atoms with Crippen molar-refractivity contribution >= 4 is 17.3 Å². The minimum atomic E-state index is -0.867.